The van der Waals surface area contributed by atoms with Crippen LogP contribution in [0.3, 0.4) is 0 Å². The van der Waals surface area contributed by atoms with Gasteiger partial charge in [0.2, 0.25) is 0 Å². The SMILES string of the molecule is CCCC=C1OC(=O)C2=C[C@@H]3CC[C@@]12C1(OC(=O)C2=C1CCC=C2)[C@H]3CCC. The number of esters is 2. The second-order valence-electron chi connectivity index (χ2n) is 8.79. The number of unbranched alkanes of at least 4 members (excludes halogenated alkanes) is 1. The molecule has 2 fully saturated rings. The van der Waals surface area contributed by atoms with Crippen LogP contribution in [0.1, 0.15) is 65.2 Å². The lowest BCUT2D eigenvalue weighted by Gasteiger charge is -2.59. The highest BCUT2D eigenvalue weighted by molar-refractivity contribution is 6.00. The molecule has 4 aliphatic carbocycles. The van der Waals surface area contributed by atoms with E-state index in [-0.39, 0.29) is 23.8 Å². The smallest absolute Gasteiger partial charge is 0.340 e. The largest absolute Gasteiger partial charge is 0.449 e. The summed E-state index contributed by atoms with van der Waals surface area (Å²) in [6, 6.07) is 0. The van der Waals surface area contributed by atoms with Crippen molar-refractivity contribution in [3.05, 3.63) is 46.8 Å². The number of hydrogen-bond acceptors (Lipinski definition) is 4. The molecule has 1 saturated carbocycles. The average Bonchev–Trinajstić information content (AvgIpc) is 3.17. The number of carbonyl (C=O) groups is 2. The van der Waals surface area contributed by atoms with Crippen LogP contribution >= 0.6 is 0 Å². The molecule has 148 valence electrons. The van der Waals surface area contributed by atoms with Crippen LogP contribution < -0.4 is 0 Å². The summed E-state index contributed by atoms with van der Waals surface area (Å²) >= 11 is 0. The van der Waals surface area contributed by atoms with Crippen molar-refractivity contribution in [2.45, 2.75) is 70.8 Å². The molecule has 4 atom stereocenters. The maximum absolute atomic E-state index is 13.0. The highest BCUT2D eigenvalue weighted by atomic mass is 16.6. The Hall–Kier alpha value is -2.10. The number of hydrogen-bond donors (Lipinski definition) is 0. The van der Waals surface area contributed by atoms with Gasteiger partial charge >= 0.3 is 11.9 Å². The maximum atomic E-state index is 13.0. The van der Waals surface area contributed by atoms with Crippen molar-refractivity contribution in [2.24, 2.45) is 17.3 Å². The van der Waals surface area contributed by atoms with E-state index in [0.717, 1.165) is 73.8 Å². The third-order valence-electron chi connectivity index (χ3n) is 7.52. The molecule has 2 bridgehead atoms. The van der Waals surface area contributed by atoms with Gasteiger partial charge in [0.15, 0.2) is 5.60 Å². The molecule has 0 N–H and O–H groups in total. The van der Waals surface area contributed by atoms with Crippen LogP contribution in [0.25, 0.3) is 0 Å². The van der Waals surface area contributed by atoms with Crippen LogP contribution in [0.15, 0.2) is 46.8 Å². The van der Waals surface area contributed by atoms with Gasteiger partial charge in [0.25, 0.3) is 0 Å². The summed E-state index contributed by atoms with van der Waals surface area (Å²) in [5.74, 6) is 0.749. The molecule has 6 aliphatic rings. The Labute approximate surface area is 166 Å². The zero-order chi connectivity index (χ0) is 19.5. The summed E-state index contributed by atoms with van der Waals surface area (Å²) in [6.07, 6.45) is 15.7. The average molecular weight is 380 g/mol. The van der Waals surface area contributed by atoms with Gasteiger partial charge < -0.3 is 9.47 Å². The van der Waals surface area contributed by atoms with Crippen molar-refractivity contribution in [1.82, 2.24) is 0 Å². The van der Waals surface area contributed by atoms with Crippen LogP contribution in [0.4, 0.5) is 0 Å². The first-order valence-corrected chi connectivity index (χ1v) is 10.9. The first kappa shape index (κ1) is 18.0. The molecule has 2 aliphatic heterocycles. The van der Waals surface area contributed by atoms with Crippen molar-refractivity contribution in [1.29, 1.82) is 0 Å². The van der Waals surface area contributed by atoms with E-state index in [9.17, 15) is 9.59 Å². The Morgan fingerprint density at radius 1 is 1.21 bits per heavy atom. The Bertz CT molecular complexity index is 873. The molecule has 0 amide bonds. The van der Waals surface area contributed by atoms with Crippen molar-refractivity contribution in [2.75, 3.05) is 0 Å². The van der Waals surface area contributed by atoms with Crippen LogP contribution in [0.5, 0.6) is 0 Å². The van der Waals surface area contributed by atoms with Crippen LogP contribution in [0, 0.1) is 17.3 Å². The van der Waals surface area contributed by atoms with Gasteiger partial charge in [0, 0.05) is 5.92 Å². The third-order valence-corrected chi connectivity index (χ3v) is 7.52. The van der Waals surface area contributed by atoms with Gasteiger partial charge in [-0.1, -0.05) is 44.9 Å². The predicted octanol–water partition coefficient (Wildman–Crippen LogP) is 4.92. The molecule has 0 aromatic heterocycles. The van der Waals surface area contributed by atoms with Crippen molar-refractivity contribution in [3.63, 3.8) is 0 Å². The lowest BCUT2D eigenvalue weighted by atomic mass is 9.45. The standard InChI is InChI=1S/C24H28O4/c1-3-5-11-20-23-13-12-15(14-19(23)22(26)27-20)17(8-4-2)24(23)18-10-7-6-9-16(18)21(25)28-24/h6,9,11,14-15,17H,3-5,7-8,10,12-13H2,1-2H3/t15-,17-,23-,24?/m0/s1. The van der Waals surface area contributed by atoms with E-state index in [1.807, 2.05) is 6.08 Å². The molecule has 2 heterocycles. The minimum atomic E-state index is -0.751. The summed E-state index contributed by atoms with van der Waals surface area (Å²) in [7, 11) is 0. The van der Waals surface area contributed by atoms with E-state index >= 15 is 0 Å². The monoisotopic (exact) mass is 380 g/mol. The Morgan fingerprint density at radius 2 is 2.07 bits per heavy atom. The van der Waals surface area contributed by atoms with Gasteiger partial charge in [-0.3, -0.25) is 0 Å². The molecule has 1 unspecified atom stereocenters. The fraction of sp³-hybridized carbons (Fsp3) is 0.583. The Balaban J connectivity index is 1.80. The highest BCUT2D eigenvalue weighted by Gasteiger charge is 2.75. The normalized spacial score (nSPS) is 39.4. The third kappa shape index (κ3) is 1.96. The van der Waals surface area contributed by atoms with E-state index in [1.54, 1.807) is 0 Å². The molecule has 6 rings (SSSR count). The van der Waals surface area contributed by atoms with Crippen LogP contribution in [0.2, 0.25) is 0 Å². The lowest BCUT2D eigenvalue weighted by molar-refractivity contribution is -0.176. The quantitative estimate of drug-likeness (QED) is 0.650. The Morgan fingerprint density at radius 3 is 2.86 bits per heavy atom. The highest BCUT2D eigenvalue weighted by Crippen LogP contribution is 2.71. The van der Waals surface area contributed by atoms with Gasteiger partial charge in [0.1, 0.15) is 11.2 Å². The van der Waals surface area contributed by atoms with Crippen LogP contribution in [-0.4, -0.2) is 17.5 Å². The second kappa shape index (κ2) is 6.20. The van der Waals surface area contributed by atoms with Crippen molar-refractivity contribution in [3.8, 4) is 0 Å². The predicted molar refractivity (Wildman–Crippen MR) is 105 cm³/mol. The van der Waals surface area contributed by atoms with Crippen LogP contribution in [-0.2, 0) is 19.1 Å². The summed E-state index contributed by atoms with van der Waals surface area (Å²) in [5, 5.41) is 0. The summed E-state index contributed by atoms with van der Waals surface area (Å²) in [5.41, 5.74) is 1.21. The maximum Gasteiger partial charge on any atom is 0.340 e. The number of ether oxygens (including phenoxy) is 2. The van der Waals surface area contributed by atoms with E-state index in [0.29, 0.717) is 0 Å². The summed E-state index contributed by atoms with van der Waals surface area (Å²) < 4.78 is 12.3. The minimum absolute atomic E-state index is 0.206. The molecule has 28 heavy (non-hydrogen) atoms. The zero-order valence-electron chi connectivity index (χ0n) is 16.8. The molecule has 0 aromatic carbocycles. The minimum Gasteiger partial charge on any atom is -0.449 e. The van der Waals surface area contributed by atoms with Gasteiger partial charge in [-0.25, -0.2) is 9.59 Å². The topological polar surface area (TPSA) is 52.6 Å². The van der Waals surface area contributed by atoms with Crippen molar-refractivity contribution < 1.29 is 19.1 Å². The molecule has 0 aromatic rings. The second-order valence-corrected chi connectivity index (χ2v) is 8.79. The van der Waals surface area contributed by atoms with Crippen molar-refractivity contribution >= 4 is 11.9 Å². The first-order valence-electron chi connectivity index (χ1n) is 10.9. The number of carbonyl (C=O) groups excluding carboxylic acids is 2. The number of fused-ring (bicyclic) bond motifs is 1. The molecule has 1 saturated heterocycles. The molecule has 2 spiro atoms. The van der Waals surface area contributed by atoms with Gasteiger partial charge in [0.05, 0.1) is 11.1 Å². The lowest BCUT2D eigenvalue weighted by Crippen LogP contribution is -2.63. The molecule has 0 radical (unpaired) electrons. The summed E-state index contributed by atoms with van der Waals surface area (Å²) in [6.45, 7) is 4.31. The Kier molecular flexibility index (Phi) is 3.98. The fourth-order valence-corrected chi connectivity index (χ4v) is 6.57. The zero-order valence-corrected chi connectivity index (χ0v) is 16.8. The van der Waals surface area contributed by atoms with Gasteiger partial charge in [-0.2, -0.15) is 0 Å². The van der Waals surface area contributed by atoms with Gasteiger partial charge in [-0.15, -0.1) is 0 Å². The number of allylic oxidation sites excluding steroid dienone is 3. The number of rotatable bonds is 4. The number of cyclic esters (lactones) is 1. The molecule has 4 heteroatoms. The van der Waals surface area contributed by atoms with E-state index in [4.69, 9.17) is 9.47 Å². The summed E-state index contributed by atoms with van der Waals surface area (Å²) in [4.78, 5) is 25.9. The van der Waals surface area contributed by atoms with E-state index < -0.39 is 11.0 Å². The fourth-order valence-electron chi connectivity index (χ4n) is 6.57. The first-order chi connectivity index (χ1) is 13.6. The molecular weight excluding hydrogens is 352 g/mol. The van der Waals surface area contributed by atoms with E-state index in [2.05, 4.69) is 32.1 Å². The molecular formula is C24H28O4. The van der Waals surface area contributed by atoms with E-state index in [1.165, 1.54) is 0 Å². The van der Waals surface area contributed by atoms with Gasteiger partial charge in [-0.05, 0) is 56.1 Å². The molecule has 4 nitrogen and oxygen atoms in total.